The van der Waals surface area contributed by atoms with Crippen LogP contribution < -0.4 is 10.5 Å². The zero-order valence-corrected chi connectivity index (χ0v) is 12.6. The molecule has 0 spiro atoms. The summed E-state index contributed by atoms with van der Waals surface area (Å²) in [5.74, 6) is -0.588. The summed E-state index contributed by atoms with van der Waals surface area (Å²) in [5, 5.41) is 8.42. The van der Waals surface area contributed by atoms with Crippen molar-refractivity contribution < 1.29 is 12.8 Å². The van der Waals surface area contributed by atoms with Crippen LogP contribution in [0.25, 0.3) is 0 Å². The molecule has 4 nitrogen and oxygen atoms in total. The number of hydrogen-bond acceptors (Lipinski definition) is 3. The van der Waals surface area contributed by atoms with Crippen molar-refractivity contribution in [2.75, 3.05) is 5.32 Å². The highest BCUT2D eigenvalue weighted by Gasteiger charge is 2.05. The first-order valence-electron chi connectivity index (χ1n) is 6.10. The van der Waals surface area contributed by atoms with Gasteiger partial charge in [0.15, 0.2) is 0 Å². The summed E-state index contributed by atoms with van der Waals surface area (Å²) in [5.41, 5.74) is 2.11. The smallest absolute Gasteiger partial charge is 0.213 e. The van der Waals surface area contributed by atoms with Crippen molar-refractivity contribution >= 4 is 27.3 Å². The summed E-state index contributed by atoms with van der Waals surface area (Å²) in [4.78, 5) is 0. The van der Waals surface area contributed by atoms with E-state index in [1.54, 1.807) is 30.3 Å². The van der Waals surface area contributed by atoms with E-state index in [1.165, 1.54) is 12.1 Å². The molecular formula is C14H14ClFN2O2S. The van der Waals surface area contributed by atoms with E-state index in [0.717, 1.165) is 5.69 Å². The van der Waals surface area contributed by atoms with E-state index in [1.807, 2.05) is 0 Å². The summed E-state index contributed by atoms with van der Waals surface area (Å²) in [6.07, 6.45) is 0. The molecular weight excluding hydrogens is 315 g/mol. The highest BCUT2D eigenvalue weighted by atomic mass is 35.5. The van der Waals surface area contributed by atoms with E-state index >= 15 is 0 Å². The van der Waals surface area contributed by atoms with E-state index in [4.69, 9.17) is 16.7 Å². The Kier molecular flexibility index (Phi) is 4.82. The number of nitrogens with one attached hydrogen (secondary N) is 1. The topological polar surface area (TPSA) is 72.2 Å². The van der Waals surface area contributed by atoms with Crippen LogP contribution in [0.15, 0.2) is 42.5 Å². The summed E-state index contributed by atoms with van der Waals surface area (Å²) in [6, 6.07) is 11.1. The molecule has 0 bridgehead atoms. The Morgan fingerprint density at radius 3 is 2.33 bits per heavy atom. The zero-order valence-electron chi connectivity index (χ0n) is 11.0. The van der Waals surface area contributed by atoms with Gasteiger partial charge in [-0.2, -0.15) is 0 Å². The van der Waals surface area contributed by atoms with Gasteiger partial charge in [-0.3, -0.25) is 0 Å². The first kappa shape index (κ1) is 15.8. The maximum atomic E-state index is 13.2. The minimum absolute atomic E-state index is 0.202. The van der Waals surface area contributed by atoms with Crippen molar-refractivity contribution in [2.45, 2.75) is 12.3 Å². The second-order valence-electron chi connectivity index (χ2n) is 4.64. The van der Waals surface area contributed by atoms with Crippen molar-refractivity contribution in [1.29, 1.82) is 0 Å². The fraction of sp³-hybridized carbons (Fsp3) is 0.143. The van der Waals surface area contributed by atoms with Crippen molar-refractivity contribution in [3.05, 3.63) is 64.4 Å². The molecule has 0 amide bonds. The molecule has 0 aliphatic rings. The molecule has 2 rings (SSSR count). The van der Waals surface area contributed by atoms with Crippen LogP contribution in [0.4, 0.5) is 10.1 Å². The minimum atomic E-state index is -3.53. The Morgan fingerprint density at radius 2 is 1.76 bits per heavy atom. The van der Waals surface area contributed by atoms with Crippen LogP contribution in [0.5, 0.6) is 0 Å². The van der Waals surface area contributed by atoms with E-state index in [0.29, 0.717) is 22.7 Å². The predicted octanol–water partition coefficient (Wildman–Crippen LogP) is 2.88. The average Bonchev–Trinajstić information content (AvgIpc) is 2.35. The molecule has 0 radical (unpaired) electrons. The first-order valence-corrected chi connectivity index (χ1v) is 8.19. The SMILES string of the molecule is NS(=O)(=O)Cc1ccc(NCc2cc(F)cc(Cl)c2)cc1. The van der Waals surface area contributed by atoms with Crippen LogP contribution in [-0.4, -0.2) is 8.42 Å². The van der Waals surface area contributed by atoms with Gasteiger partial charge >= 0.3 is 0 Å². The van der Waals surface area contributed by atoms with Gasteiger partial charge in [0.1, 0.15) is 5.82 Å². The molecule has 3 N–H and O–H groups in total. The van der Waals surface area contributed by atoms with Crippen LogP contribution >= 0.6 is 11.6 Å². The fourth-order valence-electron chi connectivity index (χ4n) is 1.87. The molecule has 0 atom stereocenters. The number of primary sulfonamides is 1. The molecule has 2 aromatic rings. The zero-order chi connectivity index (χ0) is 15.5. The monoisotopic (exact) mass is 328 g/mol. The van der Waals surface area contributed by atoms with Crippen LogP contribution in [0, 0.1) is 5.82 Å². The fourth-order valence-corrected chi connectivity index (χ4v) is 2.77. The molecule has 112 valence electrons. The van der Waals surface area contributed by atoms with Gasteiger partial charge in [0.25, 0.3) is 0 Å². The molecule has 0 heterocycles. The van der Waals surface area contributed by atoms with E-state index in [-0.39, 0.29) is 11.6 Å². The van der Waals surface area contributed by atoms with Gasteiger partial charge in [-0.1, -0.05) is 23.7 Å². The second-order valence-corrected chi connectivity index (χ2v) is 6.69. The Balaban J connectivity index is 2.00. The lowest BCUT2D eigenvalue weighted by molar-refractivity contribution is 0.597. The van der Waals surface area contributed by atoms with Crippen LogP contribution in [-0.2, 0) is 22.3 Å². The summed E-state index contributed by atoms with van der Waals surface area (Å²) < 4.78 is 35.1. The molecule has 0 unspecified atom stereocenters. The predicted molar refractivity (Wildman–Crippen MR) is 82.0 cm³/mol. The number of halogens is 2. The van der Waals surface area contributed by atoms with Gasteiger partial charge in [0.05, 0.1) is 5.75 Å². The van der Waals surface area contributed by atoms with Crippen molar-refractivity contribution in [3.8, 4) is 0 Å². The van der Waals surface area contributed by atoms with Gasteiger partial charge in [0.2, 0.25) is 10.0 Å². The van der Waals surface area contributed by atoms with E-state index < -0.39 is 10.0 Å². The maximum absolute atomic E-state index is 13.2. The number of benzene rings is 2. The van der Waals surface area contributed by atoms with Crippen LogP contribution in [0.1, 0.15) is 11.1 Å². The maximum Gasteiger partial charge on any atom is 0.213 e. The number of anilines is 1. The van der Waals surface area contributed by atoms with Gasteiger partial charge in [-0.05, 0) is 41.5 Å². The lowest BCUT2D eigenvalue weighted by Crippen LogP contribution is -2.14. The summed E-state index contributed by atoms with van der Waals surface area (Å²) in [6.45, 7) is 0.409. The minimum Gasteiger partial charge on any atom is -0.381 e. The van der Waals surface area contributed by atoms with Crippen molar-refractivity contribution in [1.82, 2.24) is 0 Å². The van der Waals surface area contributed by atoms with E-state index in [9.17, 15) is 12.8 Å². The Bertz CT molecular complexity index is 713. The Morgan fingerprint density at radius 1 is 1.10 bits per heavy atom. The summed E-state index contributed by atoms with van der Waals surface area (Å²) in [7, 11) is -3.53. The van der Waals surface area contributed by atoms with Gasteiger partial charge in [0, 0.05) is 17.3 Å². The van der Waals surface area contributed by atoms with E-state index in [2.05, 4.69) is 5.32 Å². The lowest BCUT2D eigenvalue weighted by atomic mass is 10.2. The number of nitrogens with two attached hydrogens (primary N) is 1. The third kappa shape index (κ3) is 5.34. The molecule has 0 aliphatic carbocycles. The number of rotatable bonds is 5. The second kappa shape index (κ2) is 6.43. The molecule has 0 saturated heterocycles. The molecule has 0 fully saturated rings. The third-order valence-corrected chi connectivity index (χ3v) is 3.69. The first-order chi connectivity index (χ1) is 9.82. The van der Waals surface area contributed by atoms with Gasteiger partial charge in [-0.25, -0.2) is 17.9 Å². The highest BCUT2D eigenvalue weighted by Crippen LogP contribution is 2.16. The largest absolute Gasteiger partial charge is 0.381 e. The van der Waals surface area contributed by atoms with Gasteiger partial charge in [-0.15, -0.1) is 0 Å². The molecule has 2 aromatic carbocycles. The molecule has 0 aromatic heterocycles. The lowest BCUT2D eigenvalue weighted by Gasteiger charge is -2.08. The van der Waals surface area contributed by atoms with Crippen LogP contribution in [0.2, 0.25) is 5.02 Å². The van der Waals surface area contributed by atoms with Crippen LogP contribution in [0.3, 0.4) is 0 Å². The quantitative estimate of drug-likeness (QED) is 0.886. The third-order valence-electron chi connectivity index (χ3n) is 2.74. The highest BCUT2D eigenvalue weighted by molar-refractivity contribution is 7.88. The molecule has 7 heteroatoms. The molecule has 0 saturated carbocycles. The number of sulfonamides is 1. The number of hydrogen-bond donors (Lipinski definition) is 2. The molecule has 21 heavy (non-hydrogen) atoms. The average molecular weight is 329 g/mol. The van der Waals surface area contributed by atoms with Crippen molar-refractivity contribution in [3.63, 3.8) is 0 Å². The van der Waals surface area contributed by atoms with Gasteiger partial charge < -0.3 is 5.32 Å². The van der Waals surface area contributed by atoms with Crippen molar-refractivity contribution in [2.24, 2.45) is 5.14 Å². The summed E-state index contributed by atoms with van der Waals surface area (Å²) >= 11 is 5.78. The normalized spacial score (nSPS) is 11.4. The Hall–Kier alpha value is -1.63. The molecule has 0 aliphatic heterocycles. The Labute approximate surface area is 127 Å². The standard InChI is InChI=1S/C14H14ClFN2O2S/c15-12-5-11(6-13(16)7-12)8-18-14-3-1-10(2-4-14)9-21(17,19)20/h1-7,18H,8-9H2,(H2,17,19,20).